The lowest BCUT2D eigenvalue weighted by atomic mass is 9.84. The van der Waals surface area contributed by atoms with Crippen molar-refractivity contribution in [3.63, 3.8) is 0 Å². The van der Waals surface area contributed by atoms with Gasteiger partial charge >= 0.3 is 0 Å². The number of nitrogens with zero attached hydrogens (tertiary/aromatic N) is 2. The third-order valence-electron chi connectivity index (χ3n) is 4.59. The zero-order valence-corrected chi connectivity index (χ0v) is 15.0. The molecule has 0 amide bonds. The van der Waals surface area contributed by atoms with Gasteiger partial charge in [0.2, 0.25) is 5.88 Å². The third-order valence-corrected chi connectivity index (χ3v) is 4.59. The van der Waals surface area contributed by atoms with Crippen LogP contribution in [0.1, 0.15) is 22.7 Å². The first kappa shape index (κ1) is 17.4. The quantitative estimate of drug-likeness (QED) is 0.905. The number of hydrogen-bond acceptors (Lipinski definition) is 6. The molecule has 0 radical (unpaired) electrons. The van der Waals surface area contributed by atoms with Crippen molar-refractivity contribution in [3.8, 4) is 23.3 Å². The molecule has 0 aliphatic carbocycles. The zero-order valence-electron chi connectivity index (χ0n) is 15.0. The smallest absolute Gasteiger partial charge is 0.258 e. The van der Waals surface area contributed by atoms with E-state index in [1.54, 1.807) is 45.3 Å². The van der Waals surface area contributed by atoms with E-state index < -0.39 is 5.92 Å². The van der Waals surface area contributed by atoms with Gasteiger partial charge < -0.3 is 24.5 Å². The fraction of sp³-hybridized carbons (Fsp3) is 0.263. The highest BCUT2D eigenvalue weighted by Crippen LogP contribution is 2.42. The van der Waals surface area contributed by atoms with Crippen LogP contribution in [0.2, 0.25) is 0 Å². The Morgan fingerprint density at radius 2 is 1.92 bits per heavy atom. The summed E-state index contributed by atoms with van der Waals surface area (Å²) >= 11 is 0. The summed E-state index contributed by atoms with van der Waals surface area (Å²) in [4.78, 5) is 12.9. The maximum absolute atomic E-state index is 12.9. The summed E-state index contributed by atoms with van der Waals surface area (Å²) in [7, 11) is 4.74. The minimum Gasteiger partial charge on any atom is -0.493 e. The molecule has 1 aliphatic heterocycles. The summed E-state index contributed by atoms with van der Waals surface area (Å²) in [6.45, 7) is 1.80. The molecule has 1 aliphatic rings. The van der Waals surface area contributed by atoms with E-state index in [4.69, 9.17) is 19.9 Å². The van der Waals surface area contributed by atoms with Crippen LogP contribution < -0.4 is 25.5 Å². The van der Waals surface area contributed by atoms with E-state index in [2.05, 4.69) is 6.07 Å². The Morgan fingerprint density at radius 3 is 2.54 bits per heavy atom. The van der Waals surface area contributed by atoms with Gasteiger partial charge in [-0.25, -0.2) is 0 Å². The van der Waals surface area contributed by atoms with Crippen LogP contribution in [0, 0.1) is 18.3 Å². The minimum absolute atomic E-state index is 0.00700. The molecule has 1 aromatic heterocycles. The van der Waals surface area contributed by atoms with Gasteiger partial charge in [0, 0.05) is 18.8 Å². The SMILES string of the molecule is COc1ccc([C@H]2C(C#N)=C(N)Oc3cc(C)n(C)c(=O)c32)cc1OC. The number of aryl methyl sites for hydroxylation is 1. The van der Waals surface area contributed by atoms with Crippen molar-refractivity contribution in [3.05, 3.63) is 62.9 Å². The van der Waals surface area contributed by atoms with Gasteiger partial charge in [-0.05, 0) is 24.6 Å². The topological polar surface area (TPSA) is 99.5 Å². The van der Waals surface area contributed by atoms with Crippen molar-refractivity contribution in [1.29, 1.82) is 5.26 Å². The third kappa shape index (κ3) is 2.56. The number of pyridine rings is 1. The van der Waals surface area contributed by atoms with E-state index in [0.717, 1.165) is 5.69 Å². The van der Waals surface area contributed by atoms with Crippen LogP contribution in [0.3, 0.4) is 0 Å². The Morgan fingerprint density at radius 1 is 1.23 bits per heavy atom. The number of fused-ring (bicyclic) bond motifs is 1. The number of allylic oxidation sites excluding steroid dienone is 1. The highest BCUT2D eigenvalue weighted by atomic mass is 16.5. The first-order chi connectivity index (χ1) is 12.4. The maximum atomic E-state index is 12.9. The molecule has 26 heavy (non-hydrogen) atoms. The summed E-state index contributed by atoms with van der Waals surface area (Å²) in [5.74, 6) is 0.755. The van der Waals surface area contributed by atoms with Crippen molar-refractivity contribution in [2.75, 3.05) is 14.2 Å². The highest BCUT2D eigenvalue weighted by Gasteiger charge is 2.34. The fourth-order valence-corrected chi connectivity index (χ4v) is 3.11. The van der Waals surface area contributed by atoms with Gasteiger partial charge in [-0.15, -0.1) is 0 Å². The summed E-state index contributed by atoms with van der Waals surface area (Å²) in [5, 5.41) is 9.63. The van der Waals surface area contributed by atoms with Crippen LogP contribution in [-0.2, 0) is 7.05 Å². The molecule has 1 aromatic carbocycles. The average molecular weight is 353 g/mol. The van der Waals surface area contributed by atoms with E-state index in [1.165, 1.54) is 11.7 Å². The summed E-state index contributed by atoms with van der Waals surface area (Å²) in [6, 6.07) is 9.07. The van der Waals surface area contributed by atoms with Gasteiger partial charge in [0.05, 0.1) is 25.7 Å². The molecule has 0 spiro atoms. The summed E-state index contributed by atoms with van der Waals surface area (Å²) in [6.07, 6.45) is 0. The average Bonchev–Trinajstić information content (AvgIpc) is 2.64. The molecule has 3 rings (SSSR count). The van der Waals surface area contributed by atoms with Gasteiger partial charge in [-0.1, -0.05) is 6.07 Å². The molecular weight excluding hydrogens is 334 g/mol. The molecule has 7 nitrogen and oxygen atoms in total. The van der Waals surface area contributed by atoms with Gasteiger partial charge in [0.15, 0.2) is 11.5 Å². The van der Waals surface area contributed by atoms with Gasteiger partial charge in [-0.2, -0.15) is 5.26 Å². The van der Waals surface area contributed by atoms with Gasteiger partial charge in [0.1, 0.15) is 17.4 Å². The monoisotopic (exact) mass is 353 g/mol. The van der Waals surface area contributed by atoms with Crippen molar-refractivity contribution >= 4 is 0 Å². The second-order valence-corrected chi connectivity index (χ2v) is 5.97. The lowest BCUT2D eigenvalue weighted by Crippen LogP contribution is -2.31. The normalized spacial score (nSPS) is 15.7. The van der Waals surface area contributed by atoms with Crippen LogP contribution in [0.5, 0.6) is 17.2 Å². The Hall–Kier alpha value is -3.40. The van der Waals surface area contributed by atoms with Gasteiger partial charge in [0.25, 0.3) is 5.56 Å². The number of aromatic nitrogens is 1. The summed E-state index contributed by atoms with van der Waals surface area (Å²) in [5.41, 5.74) is 7.71. The van der Waals surface area contributed by atoms with Crippen LogP contribution in [0.25, 0.3) is 0 Å². The van der Waals surface area contributed by atoms with Crippen molar-refractivity contribution in [2.24, 2.45) is 12.8 Å². The summed E-state index contributed by atoms with van der Waals surface area (Å²) < 4.78 is 17.7. The van der Waals surface area contributed by atoms with Crippen LogP contribution in [0.4, 0.5) is 0 Å². The van der Waals surface area contributed by atoms with E-state index >= 15 is 0 Å². The molecule has 0 unspecified atom stereocenters. The van der Waals surface area contributed by atoms with Crippen LogP contribution in [-0.4, -0.2) is 18.8 Å². The first-order valence-corrected chi connectivity index (χ1v) is 7.93. The number of nitriles is 1. The number of nitrogens with two attached hydrogens (primary N) is 1. The number of hydrogen-bond donors (Lipinski definition) is 1. The molecule has 0 fully saturated rings. The number of rotatable bonds is 3. The molecule has 2 aromatic rings. The molecular formula is C19H19N3O4. The largest absolute Gasteiger partial charge is 0.493 e. The predicted molar refractivity (Wildman–Crippen MR) is 95.3 cm³/mol. The van der Waals surface area contributed by atoms with Crippen molar-refractivity contribution in [2.45, 2.75) is 12.8 Å². The molecule has 0 saturated carbocycles. The number of benzene rings is 1. The Kier molecular flexibility index (Phi) is 4.34. The lowest BCUT2D eigenvalue weighted by molar-refractivity contribution is 0.354. The standard InChI is InChI=1S/C19H19N3O4/c1-10-7-15-17(19(23)22(10)2)16(12(9-20)18(21)26-15)11-5-6-13(24-3)14(8-11)25-4/h5-8,16H,21H2,1-4H3/t16-/m0/s1. The van der Waals surface area contributed by atoms with E-state index in [1.807, 2.05) is 0 Å². The first-order valence-electron chi connectivity index (χ1n) is 7.93. The van der Waals surface area contributed by atoms with Crippen molar-refractivity contribution in [1.82, 2.24) is 4.57 Å². The van der Waals surface area contributed by atoms with Gasteiger partial charge in [-0.3, -0.25) is 4.79 Å². The minimum atomic E-state index is -0.650. The Bertz CT molecular complexity index is 1010. The van der Waals surface area contributed by atoms with E-state index in [-0.39, 0.29) is 17.0 Å². The maximum Gasteiger partial charge on any atom is 0.258 e. The predicted octanol–water partition coefficient (Wildman–Crippen LogP) is 1.93. The number of methoxy groups -OCH3 is 2. The van der Waals surface area contributed by atoms with E-state index in [9.17, 15) is 10.1 Å². The van der Waals surface area contributed by atoms with Crippen LogP contribution in [0.15, 0.2) is 40.5 Å². The molecule has 2 N–H and O–H groups in total. The highest BCUT2D eigenvalue weighted by molar-refractivity contribution is 5.57. The second-order valence-electron chi connectivity index (χ2n) is 5.97. The van der Waals surface area contributed by atoms with E-state index in [0.29, 0.717) is 28.4 Å². The Labute approximate surface area is 150 Å². The molecule has 0 bridgehead atoms. The van der Waals surface area contributed by atoms with Crippen LogP contribution >= 0.6 is 0 Å². The lowest BCUT2D eigenvalue weighted by Gasteiger charge is -2.27. The zero-order chi connectivity index (χ0) is 19.0. The molecule has 134 valence electrons. The fourth-order valence-electron chi connectivity index (χ4n) is 3.11. The molecule has 1 atom stereocenters. The van der Waals surface area contributed by atoms with Crippen molar-refractivity contribution < 1.29 is 14.2 Å². The Balaban J connectivity index is 2.32. The molecule has 2 heterocycles. The number of ether oxygens (including phenoxy) is 3. The second kappa shape index (κ2) is 6.48. The molecule has 7 heteroatoms. The molecule has 0 saturated heterocycles.